The molecule has 2 aromatic rings. The molecule has 146 valence electrons. The van der Waals surface area contributed by atoms with Crippen LogP contribution in [-0.4, -0.2) is 57.8 Å². The zero-order valence-corrected chi connectivity index (χ0v) is 16.7. The summed E-state index contributed by atoms with van der Waals surface area (Å²) in [4.78, 5) is 16.0. The third-order valence-corrected chi connectivity index (χ3v) is 7.26. The summed E-state index contributed by atoms with van der Waals surface area (Å²) in [5.74, 6) is -0.436. The number of carbonyl (C=O) groups excluding carboxylic acids is 1. The molecule has 1 N–H and O–H groups in total. The van der Waals surface area contributed by atoms with E-state index in [9.17, 15) is 13.2 Å². The standard InChI is InChI=1S/C19H24N2O4S2/c22-19(8-14-27(23,24)16-5-2-1-3-6-16)20-15-17(18-7-4-13-26-18)21-9-11-25-12-10-21/h1-7,13,17H,8-12,14-15H2,(H,20,22). The summed E-state index contributed by atoms with van der Waals surface area (Å²) in [5.41, 5.74) is 0. The normalized spacial score (nSPS) is 16.7. The Morgan fingerprint density at radius 3 is 2.56 bits per heavy atom. The van der Waals surface area contributed by atoms with Gasteiger partial charge in [-0.25, -0.2) is 8.42 Å². The molecule has 3 rings (SSSR count). The number of hydrogen-bond donors (Lipinski definition) is 1. The number of hydrogen-bond acceptors (Lipinski definition) is 6. The van der Waals surface area contributed by atoms with E-state index in [-0.39, 0.29) is 29.0 Å². The largest absolute Gasteiger partial charge is 0.379 e. The Bertz CT molecular complexity index is 817. The number of rotatable bonds is 8. The van der Waals surface area contributed by atoms with Gasteiger partial charge in [-0.05, 0) is 23.6 Å². The highest BCUT2D eigenvalue weighted by Gasteiger charge is 2.24. The van der Waals surface area contributed by atoms with Crippen LogP contribution in [0.15, 0.2) is 52.7 Å². The van der Waals surface area contributed by atoms with Crippen LogP contribution in [0.5, 0.6) is 0 Å². The van der Waals surface area contributed by atoms with E-state index < -0.39 is 9.84 Å². The first-order chi connectivity index (χ1) is 13.1. The van der Waals surface area contributed by atoms with Crippen molar-refractivity contribution in [1.29, 1.82) is 0 Å². The van der Waals surface area contributed by atoms with Gasteiger partial charge in [-0.2, -0.15) is 0 Å². The van der Waals surface area contributed by atoms with Crippen molar-refractivity contribution in [2.24, 2.45) is 0 Å². The molecule has 2 heterocycles. The van der Waals surface area contributed by atoms with Gasteiger partial charge in [-0.1, -0.05) is 24.3 Å². The van der Waals surface area contributed by atoms with Crippen LogP contribution in [0.3, 0.4) is 0 Å². The van der Waals surface area contributed by atoms with Crippen LogP contribution in [0.4, 0.5) is 0 Å². The Morgan fingerprint density at radius 1 is 1.15 bits per heavy atom. The number of benzene rings is 1. The predicted octanol–water partition coefficient (Wildman–Crippen LogP) is 2.10. The van der Waals surface area contributed by atoms with Gasteiger partial charge in [-0.15, -0.1) is 11.3 Å². The Balaban J connectivity index is 1.55. The summed E-state index contributed by atoms with van der Waals surface area (Å²) in [6.07, 6.45) is -0.0441. The molecule has 0 radical (unpaired) electrons. The molecule has 1 unspecified atom stereocenters. The van der Waals surface area contributed by atoms with E-state index in [1.807, 2.05) is 11.4 Å². The minimum absolute atomic E-state index is 0.0441. The Labute approximate surface area is 164 Å². The SMILES string of the molecule is O=C(CCS(=O)(=O)c1ccccc1)NCC(c1cccs1)N1CCOCC1. The molecule has 0 saturated carbocycles. The molecular weight excluding hydrogens is 384 g/mol. The molecule has 1 amide bonds. The lowest BCUT2D eigenvalue weighted by Gasteiger charge is -2.34. The maximum absolute atomic E-state index is 12.3. The predicted molar refractivity (Wildman–Crippen MR) is 106 cm³/mol. The van der Waals surface area contributed by atoms with Crippen LogP contribution in [0.2, 0.25) is 0 Å². The third-order valence-electron chi connectivity index (χ3n) is 4.55. The van der Waals surface area contributed by atoms with Gasteiger partial charge in [0, 0.05) is 30.9 Å². The van der Waals surface area contributed by atoms with E-state index in [1.54, 1.807) is 41.7 Å². The van der Waals surface area contributed by atoms with Crippen LogP contribution in [0.25, 0.3) is 0 Å². The van der Waals surface area contributed by atoms with Gasteiger partial charge in [-0.3, -0.25) is 9.69 Å². The lowest BCUT2D eigenvalue weighted by atomic mass is 10.2. The topological polar surface area (TPSA) is 75.7 Å². The molecule has 1 aromatic carbocycles. The summed E-state index contributed by atoms with van der Waals surface area (Å²) in [6, 6.07) is 12.4. The maximum atomic E-state index is 12.3. The van der Waals surface area contributed by atoms with Crippen LogP contribution in [0.1, 0.15) is 17.3 Å². The number of amides is 1. The second-order valence-corrected chi connectivity index (χ2v) is 9.45. The van der Waals surface area contributed by atoms with Gasteiger partial charge in [0.2, 0.25) is 5.91 Å². The number of carbonyl (C=O) groups is 1. The van der Waals surface area contributed by atoms with Gasteiger partial charge in [0.05, 0.1) is 29.9 Å². The highest BCUT2D eigenvalue weighted by molar-refractivity contribution is 7.91. The molecule has 0 spiro atoms. The molecule has 1 aliphatic heterocycles. The first-order valence-electron chi connectivity index (χ1n) is 8.96. The van der Waals surface area contributed by atoms with Crippen molar-refractivity contribution < 1.29 is 17.9 Å². The average Bonchev–Trinajstić information content (AvgIpc) is 3.23. The first kappa shape index (κ1) is 20.0. The van der Waals surface area contributed by atoms with Crippen molar-refractivity contribution in [1.82, 2.24) is 10.2 Å². The fourth-order valence-electron chi connectivity index (χ4n) is 3.05. The first-order valence-corrected chi connectivity index (χ1v) is 11.5. The fourth-order valence-corrected chi connectivity index (χ4v) is 5.17. The van der Waals surface area contributed by atoms with E-state index in [0.717, 1.165) is 13.1 Å². The Kier molecular flexibility index (Phi) is 7.01. The molecule has 6 nitrogen and oxygen atoms in total. The molecule has 1 saturated heterocycles. The van der Waals surface area contributed by atoms with Crippen molar-refractivity contribution >= 4 is 27.1 Å². The third kappa shape index (κ3) is 5.62. The molecule has 1 atom stereocenters. The lowest BCUT2D eigenvalue weighted by molar-refractivity contribution is -0.121. The molecule has 27 heavy (non-hydrogen) atoms. The molecular formula is C19H24N2O4S2. The summed E-state index contributed by atoms with van der Waals surface area (Å²) in [6.45, 7) is 3.47. The molecule has 1 aromatic heterocycles. The summed E-state index contributed by atoms with van der Waals surface area (Å²) >= 11 is 1.66. The van der Waals surface area contributed by atoms with E-state index in [2.05, 4.69) is 16.3 Å². The van der Waals surface area contributed by atoms with Crippen LogP contribution in [-0.2, 0) is 19.4 Å². The zero-order valence-electron chi connectivity index (χ0n) is 15.0. The molecule has 1 fully saturated rings. The average molecular weight is 409 g/mol. The van der Waals surface area contributed by atoms with E-state index in [1.165, 1.54) is 4.88 Å². The van der Waals surface area contributed by atoms with E-state index in [0.29, 0.717) is 19.8 Å². The van der Waals surface area contributed by atoms with Gasteiger partial charge in [0.25, 0.3) is 0 Å². The number of sulfone groups is 1. The van der Waals surface area contributed by atoms with Crippen molar-refractivity contribution in [2.45, 2.75) is 17.4 Å². The lowest BCUT2D eigenvalue weighted by Crippen LogP contribution is -2.43. The second kappa shape index (κ2) is 9.45. The van der Waals surface area contributed by atoms with Crippen LogP contribution < -0.4 is 5.32 Å². The number of ether oxygens (including phenoxy) is 1. The van der Waals surface area contributed by atoms with Gasteiger partial charge >= 0.3 is 0 Å². The van der Waals surface area contributed by atoms with Crippen LogP contribution in [0, 0.1) is 0 Å². The highest BCUT2D eigenvalue weighted by Crippen LogP contribution is 2.25. The Morgan fingerprint density at radius 2 is 1.89 bits per heavy atom. The molecule has 1 aliphatic rings. The smallest absolute Gasteiger partial charge is 0.221 e. The molecule has 8 heteroatoms. The van der Waals surface area contributed by atoms with Crippen molar-refractivity contribution in [3.8, 4) is 0 Å². The van der Waals surface area contributed by atoms with Crippen molar-refractivity contribution in [2.75, 3.05) is 38.6 Å². The molecule has 0 aliphatic carbocycles. The minimum atomic E-state index is -3.44. The van der Waals surface area contributed by atoms with Crippen molar-refractivity contribution in [3.63, 3.8) is 0 Å². The summed E-state index contributed by atoms with van der Waals surface area (Å²) in [7, 11) is -3.44. The number of nitrogens with zero attached hydrogens (tertiary/aromatic N) is 1. The summed E-state index contributed by atoms with van der Waals surface area (Å²) < 4.78 is 30.0. The van der Waals surface area contributed by atoms with Gasteiger partial charge in [0.15, 0.2) is 9.84 Å². The van der Waals surface area contributed by atoms with Gasteiger partial charge < -0.3 is 10.1 Å². The van der Waals surface area contributed by atoms with E-state index >= 15 is 0 Å². The monoisotopic (exact) mass is 408 g/mol. The van der Waals surface area contributed by atoms with Crippen LogP contribution >= 0.6 is 11.3 Å². The zero-order chi connectivity index (χ0) is 19.1. The molecule has 0 bridgehead atoms. The minimum Gasteiger partial charge on any atom is -0.379 e. The summed E-state index contributed by atoms with van der Waals surface area (Å²) in [5, 5.41) is 4.94. The van der Waals surface area contributed by atoms with E-state index in [4.69, 9.17) is 4.74 Å². The number of thiophene rings is 1. The van der Waals surface area contributed by atoms with Gasteiger partial charge in [0.1, 0.15) is 0 Å². The highest BCUT2D eigenvalue weighted by atomic mass is 32.2. The Hall–Kier alpha value is -1.74. The quantitative estimate of drug-likeness (QED) is 0.724. The second-order valence-electron chi connectivity index (χ2n) is 6.37. The maximum Gasteiger partial charge on any atom is 0.221 e. The fraction of sp³-hybridized carbons (Fsp3) is 0.421. The van der Waals surface area contributed by atoms with Crippen molar-refractivity contribution in [3.05, 3.63) is 52.7 Å². The number of nitrogens with one attached hydrogen (secondary N) is 1. The number of morpholine rings is 1.